The number of halogens is 1. The fourth-order valence-corrected chi connectivity index (χ4v) is 5.62. The molecule has 5 atom stereocenters. The van der Waals surface area contributed by atoms with E-state index in [0.717, 1.165) is 0 Å². The highest BCUT2D eigenvalue weighted by atomic mass is 35.5. The molecule has 2 heterocycles. The maximum Gasteiger partial charge on any atom is 0.327 e. The van der Waals surface area contributed by atoms with E-state index in [-0.39, 0.29) is 30.1 Å². The minimum atomic E-state index is -1.28. The summed E-state index contributed by atoms with van der Waals surface area (Å²) in [5.74, 6) is -3.66. The number of nitrogens with zero attached hydrogens (tertiary/aromatic N) is 1. The number of β-lactam (4-membered cyclic amide) rings is 1. The van der Waals surface area contributed by atoms with Crippen LogP contribution in [0.5, 0.6) is 5.75 Å². The zero-order valence-electron chi connectivity index (χ0n) is 19.7. The van der Waals surface area contributed by atoms with Crippen molar-refractivity contribution in [2.45, 2.75) is 54.6 Å². The lowest BCUT2D eigenvalue weighted by molar-refractivity contribution is -0.161. The topological polar surface area (TPSA) is 223 Å². The van der Waals surface area contributed by atoms with E-state index in [1.54, 1.807) is 13.8 Å². The number of nitrogens with two attached hydrogens (primary N) is 1. The highest BCUT2D eigenvalue weighted by Crippen LogP contribution is 2.50. The lowest BCUT2D eigenvalue weighted by Crippen LogP contribution is -2.71. The first-order valence-corrected chi connectivity index (χ1v) is 11.3. The van der Waals surface area contributed by atoms with Crippen molar-refractivity contribution in [2.75, 3.05) is 7.05 Å². The maximum absolute atomic E-state index is 13.2. The van der Waals surface area contributed by atoms with E-state index in [0.29, 0.717) is 5.56 Å². The minimum Gasteiger partial charge on any atom is -0.508 e. The lowest BCUT2D eigenvalue weighted by Gasteiger charge is -2.44. The predicted octanol–water partition coefficient (Wildman–Crippen LogP) is -1.76. The molecule has 0 radical (unpaired) electrons. The first kappa shape index (κ1) is 31.0. The number of aliphatic carboxylic acids is 1. The van der Waals surface area contributed by atoms with E-state index >= 15 is 0 Å². The molecule has 0 spiro atoms. The summed E-state index contributed by atoms with van der Waals surface area (Å²) in [6, 6.07) is 0.997. The Bertz CT molecular complexity index is 1020. The molecule has 0 saturated carbocycles. The number of hydrogen-bond donors (Lipinski definition) is 6. The Balaban J connectivity index is 0.00000324. The Kier molecular flexibility index (Phi) is 10.1. The highest BCUT2D eigenvalue weighted by Gasteiger charge is 2.64. The van der Waals surface area contributed by atoms with Crippen molar-refractivity contribution in [3.63, 3.8) is 0 Å². The summed E-state index contributed by atoms with van der Waals surface area (Å²) < 4.78 is -0.761. The summed E-state index contributed by atoms with van der Waals surface area (Å²) in [7, 11) is 1.40. The molecule has 0 bridgehead atoms. The molecule has 3 rings (SSSR count). The standard InChI is InChI=1S/C21H27N5O7S.ClH.H2O/c1-21(2)15(20(32)33)26-18(31)14(19(26)34-21)25-17(30)13(9-4-6-10(27)7-5-9)24-16(29)11(22)8-12(28)23-3;;/h4-7,11,13-15,19,27H,8,22H2,1-3H3,(H,23,28)(H,24,29)(H,25,30)(H,32,33);1H;1H2/t11-,13-,14-,15+,19-;;/m1../s1. The molecular formula is C21H30ClN5O8S. The number of hydrogen-bond acceptors (Lipinski definition) is 8. The molecule has 4 amide bonds. The van der Waals surface area contributed by atoms with Crippen LogP contribution in [-0.2, 0) is 24.0 Å². The van der Waals surface area contributed by atoms with Crippen LogP contribution >= 0.6 is 24.2 Å². The average molecular weight is 548 g/mol. The number of carboxylic acid groups (broad SMARTS) is 1. The summed E-state index contributed by atoms with van der Waals surface area (Å²) >= 11 is 1.27. The third-order valence-electron chi connectivity index (χ3n) is 5.77. The Morgan fingerprint density at radius 3 is 2.28 bits per heavy atom. The first-order valence-electron chi connectivity index (χ1n) is 10.5. The van der Waals surface area contributed by atoms with Crippen LogP contribution in [0.1, 0.15) is 31.9 Å². The van der Waals surface area contributed by atoms with Gasteiger partial charge in [0.2, 0.25) is 23.6 Å². The van der Waals surface area contributed by atoms with Gasteiger partial charge in [-0.2, -0.15) is 0 Å². The van der Waals surface area contributed by atoms with Crippen molar-refractivity contribution in [1.82, 2.24) is 20.9 Å². The normalized spacial score (nSPS) is 22.9. The summed E-state index contributed by atoms with van der Waals surface area (Å²) in [5.41, 5.74) is 6.09. The van der Waals surface area contributed by atoms with Crippen LogP contribution in [0.4, 0.5) is 0 Å². The van der Waals surface area contributed by atoms with E-state index in [1.807, 2.05) is 0 Å². The monoisotopic (exact) mass is 547 g/mol. The molecule has 2 aliphatic rings. The molecule has 2 aliphatic heterocycles. The smallest absolute Gasteiger partial charge is 0.327 e. The Labute approximate surface area is 217 Å². The molecule has 200 valence electrons. The number of carbonyl (C=O) groups is 5. The summed E-state index contributed by atoms with van der Waals surface area (Å²) in [5, 5.41) is 26.0. The van der Waals surface area contributed by atoms with Crippen molar-refractivity contribution < 1.29 is 39.7 Å². The number of rotatable bonds is 8. The number of amides is 4. The van der Waals surface area contributed by atoms with E-state index in [4.69, 9.17) is 5.73 Å². The number of phenols is 1. The van der Waals surface area contributed by atoms with E-state index < -0.39 is 63.9 Å². The van der Waals surface area contributed by atoms with E-state index in [1.165, 1.54) is 48.0 Å². The molecule has 1 aromatic carbocycles. The second kappa shape index (κ2) is 11.8. The van der Waals surface area contributed by atoms with Gasteiger partial charge in [0.05, 0.1) is 12.5 Å². The van der Waals surface area contributed by atoms with Gasteiger partial charge >= 0.3 is 5.97 Å². The van der Waals surface area contributed by atoms with Gasteiger partial charge in [-0.25, -0.2) is 4.79 Å². The highest BCUT2D eigenvalue weighted by molar-refractivity contribution is 8.01. The van der Waals surface area contributed by atoms with E-state index in [9.17, 15) is 34.2 Å². The van der Waals surface area contributed by atoms with Crippen molar-refractivity contribution in [2.24, 2.45) is 5.73 Å². The van der Waals surface area contributed by atoms with Gasteiger partial charge in [-0.3, -0.25) is 19.2 Å². The van der Waals surface area contributed by atoms with Crippen LogP contribution in [0.25, 0.3) is 0 Å². The number of aromatic hydroxyl groups is 1. The lowest BCUT2D eigenvalue weighted by atomic mass is 9.95. The van der Waals surface area contributed by atoms with Gasteiger partial charge in [0, 0.05) is 11.8 Å². The Morgan fingerprint density at radius 1 is 1.17 bits per heavy atom. The fourth-order valence-electron chi connectivity index (χ4n) is 3.99. The van der Waals surface area contributed by atoms with Gasteiger partial charge in [0.25, 0.3) is 0 Å². The van der Waals surface area contributed by atoms with Gasteiger partial charge in [0.1, 0.15) is 29.2 Å². The third-order valence-corrected chi connectivity index (χ3v) is 7.34. The van der Waals surface area contributed by atoms with E-state index in [2.05, 4.69) is 16.0 Å². The van der Waals surface area contributed by atoms with Crippen molar-refractivity contribution >= 4 is 53.8 Å². The van der Waals surface area contributed by atoms with Crippen molar-refractivity contribution in [3.05, 3.63) is 29.8 Å². The number of thioether (sulfide) groups is 1. The molecule has 0 aliphatic carbocycles. The fraction of sp³-hybridized carbons (Fsp3) is 0.476. The zero-order valence-corrected chi connectivity index (χ0v) is 21.3. The second-order valence-electron chi connectivity index (χ2n) is 8.60. The van der Waals surface area contributed by atoms with Crippen LogP contribution in [-0.4, -0.2) is 85.5 Å². The molecule has 36 heavy (non-hydrogen) atoms. The molecule has 2 fully saturated rings. The first-order chi connectivity index (χ1) is 15.9. The SMILES string of the molecule is CNC(=O)C[C@@H](N)C(=O)N[C@@H](C(=O)N[C@@H]1C(=O)N2[C@@H]1SC(C)(C)[C@@H]2C(=O)O)c1ccc(O)cc1.Cl.O. The van der Waals surface area contributed by atoms with Crippen molar-refractivity contribution in [1.29, 1.82) is 0 Å². The van der Waals surface area contributed by atoms with Crippen LogP contribution in [0.15, 0.2) is 24.3 Å². The molecule has 0 aromatic heterocycles. The zero-order chi connectivity index (χ0) is 25.4. The van der Waals surface area contributed by atoms with Gasteiger partial charge in [-0.1, -0.05) is 12.1 Å². The van der Waals surface area contributed by atoms with Gasteiger partial charge in [-0.05, 0) is 31.5 Å². The molecule has 15 heteroatoms. The number of carbonyl (C=O) groups excluding carboxylic acids is 4. The Hall–Kier alpha value is -3.07. The number of carboxylic acids is 1. The predicted molar refractivity (Wildman–Crippen MR) is 132 cm³/mol. The maximum atomic E-state index is 13.2. The van der Waals surface area contributed by atoms with Crippen LogP contribution < -0.4 is 21.7 Å². The van der Waals surface area contributed by atoms with Crippen LogP contribution in [0.3, 0.4) is 0 Å². The molecule has 13 nitrogen and oxygen atoms in total. The quantitative estimate of drug-likeness (QED) is 0.202. The number of nitrogens with one attached hydrogen (secondary N) is 3. The van der Waals surface area contributed by atoms with Gasteiger partial charge in [-0.15, -0.1) is 24.2 Å². The third kappa shape index (κ3) is 6.00. The molecule has 9 N–H and O–H groups in total. The van der Waals surface area contributed by atoms with Gasteiger partial charge < -0.3 is 42.3 Å². The summed E-state index contributed by atoms with van der Waals surface area (Å²) in [4.78, 5) is 62.9. The minimum absolute atomic E-state index is 0. The van der Waals surface area contributed by atoms with Crippen LogP contribution in [0, 0.1) is 0 Å². The molecule has 0 unspecified atom stereocenters. The summed E-state index contributed by atoms with van der Waals surface area (Å²) in [6.07, 6.45) is -0.299. The number of fused-ring (bicyclic) bond motifs is 1. The second-order valence-corrected chi connectivity index (χ2v) is 10.4. The molecule has 1 aromatic rings. The van der Waals surface area contributed by atoms with Crippen molar-refractivity contribution in [3.8, 4) is 5.75 Å². The number of benzene rings is 1. The molecular weight excluding hydrogens is 518 g/mol. The molecule has 2 saturated heterocycles. The largest absolute Gasteiger partial charge is 0.508 e. The Morgan fingerprint density at radius 2 is 1.75 bits per heavy atom. The van der Waals surface area contributed by atoms with Crippen LogP contribution in [0.2, 0.25) is 0 Å². The summed E-state index contributed by atoms with van der Waals surface area (Å²) in [6.45, 7) is 3.43. The average Bonchev–Trinajstić information content (AvgIpc) is 3.03. The number of phenolic OH excluding ortho intramolecular Hbond substituents is 1. The van der Waals surface area contributed by atoms with Gasteiger partial charge in [0.15, 0.2) is 0 Å².